The summed E-state index contributed by atoms with van der Waals surface area (Å²) in [5.41, 5.74) is 0. The fourth-order valence-corrected chi connectivity index (χ4v) is 2.66. The molecule has 0 aromatic rings. The van der Waals surface area contributed by atoms with Crippen molar-refractivity contribution in [1.82, 2.24) is 4.90 Å². The Morgan fingerprint density at radius 2 is 1.58 bits per heavy atom. The van der Waals surface area contributed by atoms with E-state index in [0.29, 0.717) is 6.54 Å². The molecule has 0 unspecified atom stereocenters. The van der Waals surface area contributed by atoms with Gasteiger partial charge in [0.15, 0.2) is 0 Å². The third-order valence-corrected chi connectivity index (χ3v) is 3.33. The Bertz CT molecular complexity index is 147. The van der Waals surface area contributed by atoms with Crippen LogP contribution < -0.4 is 0 Å². The Balaban J connectivity index is 1.97. The van der Waals surface area contributed by atoms with Crippen molar-refractivity contribution in [3.8, 4) is 0 Å². The van der Waals surface area contributed by atoms with Crippen LogP contribution in [0.3, 0.4) is 0 Å². The molecule has 1 saturated carbocycles. The molecule has 2 heterocycles. The molecule has 0 aromatic carbocycles. The third-order valence-electron chi connectivity index (χ3n) is 3.33. The zero-order valence-electron chi connectivity index (χ0n) is 7.54. The van der Waals surface area contributed by atoms with Crippen molar-refractivity contribution in [1.29, 1.82) is 0 Å². The number of fused-ring (bicyclic) bond motifs is 4. The summed E-state index contributed by atoms with van der Waals surface area (Å²) in [5, 5.41) is 0. The van der Waals surface area contributed by atoms with Gasteiger partial charge >= 0.3 is 0 Å². The molecule has 0 aromatic heterocycles. The highest BCUT2D eigenvalue weighted by Gasteiger charge is 2.28. The highest BCUT2D eigenvalue weighted by Crippen LogP contribution is 2.33. The molecular formula is C10H17NO. The first-order chi connectivity index (χ1) is 5.88. The predicted molar refractivity (Wildman–Crippen MR) is 48.0 cm³/mol. The Morgan fingerprint density at radius 3 is 2.00 bits per heavy atom. The molecule has 2 heteroatoms. The van der Waals surface area contributed by atoms with Crippen LogP contribution in [0.1, 0.15) is 25.7 Å². The van der Waals surface area contributed by atoms with E-state index in [1.807, 2.05) is 0 Å². The fourth-order valence-electron chi connectivity index (χ4n) is 2.66. The molecule has 12 heavy (non-hydrogen) atoms. The summed E-state index contributed by atoms with van der Waals surface area (Å²) in [6.45, 7) is 3.01. The number of rotatable bonds is 2. The number of carbonyl (C=O) groups is 1. The van der Waals surface area contributed by atoms with E-state index in [2.05, 4.69) is 4.90 Å². The van der Waals surface area contributed by atoms with Gasteiger partial charge in [0.2, 0.25) is 0 Å². The fraction of sp³-hybridized carbons (Fsp3) is 0.900. The van der Waals surface area contributed by atoms with Crippen molar-refractivity contribution in [2.75, 3.05) is 19.6 Å². The van der Waals surface area contributed by atoms with Gasteiger partial charge in [0.1, 0.15) is 6.29 Å². The molecule has 68 valence electrons. The molecule has 0 amide bonds. The maximum atomic E-state index is 10.4. The molecule has 0 radical (unpaired) electrons. The van der Waals surface area contributed by atoms with Gasteiger partial charge in [-0.1, -0.05) is 0 Å². The Hall–Kier alpha value is -0.370. The minimum absolute atomic E-state index is 0.660. The van der Waals surface area contributed by atoms with Gasteiger partial charge < -0.3 is 4.79 Å². The molecule has 2 saturated heterocycles. The van der Waals surface area contributed by atoms with E-state index in [0.717, 1.165) is 18.1 Å². The van der Waals surface area contributed by atoms with E-state index in [1.54, 1.807) is 0 Å². The van der Waals surface area contributed by atoms with E-state index in [-0.39, 0.29) is 0 Å². The van der Waals surface area contributed by atoms with Crippen LogP contribution in [-0.2, 0) is 4.79 Å². The Kier molecular flexibility index (Phi) is 2.45. The summed E-state index contributed by atoms with van der Waals surface area (Å²) in [4.78, 5) is 12.7. The summed E-state index contributed by atoms with van der Waals surface area (Å²) in [5.74, 6) is 1.78. The minimum Gasteiger partial charge on any atom is -0.302 e. The van der Waals surface area contributed by atoms with Crippen LogP contribution in [-0.4, -0.2) is 30.8 Å². The quantitative estimate of drug-likeness (QED) is 0.578. The molecule has 3 aliphatic rings. The molecular weight excluding hydrogens is 150 g/mol. The normalized spacial score (nSPS) is 36.3. The molecule has 0 N–H and O–H groups in total. The first kappa shape index (κ1) is 8.24. The summed E-state index contributed by atoms with van der Waals surface area (Å²) in [7, 11) is 0. The first-order valence-corrected chi connectivity index (χ1v) is 5.04. The third kappa shape index (κ3) is 1.69. The summed E-state index contributed by atoms with van der Waals surface area (Å²) in [6.07, 6.45) is 6.66. The zero-order chi connectivity index (χ0) is 8.39. The van der Waals surface area contributed by atoms with Gasteiger partial charge in [-0.3, -0.25) is 4.90 Å². The predicted octanol–water partition coefficient (Wildman–Crippen LogP) is 1.31. The van der Waals surface area contributed by atoms with Gasteiger partial charge in [-0.25, -0.2) is 0 Å². The molecule has 3 rings (SSSR count). The van der Waals surface area contributed by atoms with Crippen LogP contribution in [0.5, 0.6) is 0 Å². The number of hydrogen-bond donors (Lipinski definition) is 0. The molecule has 2 bridgehead atoms. The lowest BCUT2D eigenvalue weighted by atomic mass is 9.84. The van der Waals surface area contributed by atoms with Crippen molar-refractivity contribution in [2.24, 2.45) is 11.8 Å². The molecule has 1 aliphatic carbocycles. The van der Waals surface area contributed by atoms with Crippen LogP contribution in [0.15, 0.2) is 0 Å². The van der Waals surface area contributed by atoms with Crippen LogP contribution in [0.4, 0.5) is 0 Å². The van der Waals surface area contributed by atoms with Crippen LogP contribution >= 0.6 is 0 Å². The molecule has 0 atom stereocenters. The van der Waals surface area contributed by atoms with Crippen LogP contribution in [0.25, 0.3) is 0 Å². The summed E-state index contributed by atoms with van der Waals surface area (Å²) < 4.78 is 0. The van der Waals surface area contributed by atoms with Crippen molar-refractivity contribution in [3.05, 3.63) is 0 Å². The van der Waals surface area contributed by atoms with E-state index >= 15 is 0 Å². The minimum atomic E-state index is 0.660. The Morgan fingerprint density at radius 1 is 1.08 bits per heavy atom. The van der Waals surface area contributed by atoms with Crippen molar-refractivity contribution in [2.45, 2.75) is 25.7 Å². The second kappa shape index (κ2) is 3.56. The molecule has 0 spiro atoms. The second-order valence-electron chi connectivity index (χ2n) is 4.27. The smallest absolute Gasteiger partial charge is 0.133 e. The highest BCUT2D eigenvalue weighted by molar-refractivity contribution is 5.51. The zero-order valence-corrected chi connectivity index (χ0v) is 7.54. The van der Waals surface area contributed by atoms with Gasteiger partial charge in [0, 0.05) is 13.1 Å². The molecule has 2 aliphatic heterocycles. The number of hydrogen-bond acceptors (Lipinski definition) is 2. The van der Waals surface area contributed by atoms with Crippen LogP contribution in [0, 0.1) is 11.8 Å². The van der Waals surface area contributed by atoms with Crippen molar-refractivity contribution < 1.29 is 4.79 Å². The second-order valence-corrected chi connectivity index (χ2v) is 4.27. The van der Waals surface area contributed by atoms with Gasteiger partial charge in [0.25, 0.3) is 0 Å². The van der Waals surface area contributed by atoms with Gasteiger partial charge in [0.05, 0.1) is 6.54 Å². The first-order valence-electron chi connectivity index (χ1n) is 5.04. The largest absolute Gasteiger partial charge is 0.302 e. The maximum absolute atomic E-state index is 10.4. The van der Waals surface area contributed by atoms with E-state index in [1.165, 1.54) is 38.8 Å². The average molecular weight is 167 g/mol. The highest BCUT2D eigenvalue weighted by atomic mass is 16.1. The average Bonchev–Trinajstić information content (AvgIpc) is 2.36. The Labute approximate surface area is 73.9 Å². The number of nitrogens with zero attached hydrogens (tertiary/aromatic N) is 1. The van der Waals surface area contributed by atoms with E-state index in [4.69, 9.17) is 0 Å². The SMILES string of the molecule is O=CCN1CC2CCC(CC2)C1. The lowest BCUT2D eigenvalue weighted by Crippen LogP contribution is -2.30. The van der Waals surface area contributed by atoms with E-state index in [9.17, 15) is 4.79 Å². The summed E-state index contributed by atoms with van der Waals surface area (Å²) >= 11 is 0. The maximum Gasteiger partial charge on any atom is 0.133 e. The monoisotopic (exact) mass is 167 g/mol. The number of aldehydes is 1. The van der Waals surface area contributed by atoms with Gasteiger partial charge in [-0.2, -0.15) is 0 Å². The summed E-state index contributed by atoms with van der Waals surface area (Å²) in [6, 6.07) is 0. The molecule has 2 nitrogen and oxygen atoms in total. The standard InChI is InChI=1S/C10H17NO/c12-6-5-11-7-9-1-2-10(8-11)4-3-9/h6,9-10H,1-5,7-8H2. The topological polar surface area (TPSA) is 20.3 Å². The van der Waals surface area contributed by atoms with Crippen LogP contribution in [0.2, 0.25) is 0 Å². The molecule has 3 fully saturated rings. The number of carbonyl (C=O) groups excluding carboxylic acids is 1. The lowest BCUT2D eigenvalue weighted by molar-refractivity contribution is -0.108. The van der Waals surface area contributed by atoms with Crippen molar-refractivity contribution >= 4 is 6.29 Å². The lowest BCUT2D eigenvalue weighted by Gasteiger charge is -2.21. The van der Waals surface area contributed by atoms with Crippen molar-refractivity contribution in [3.63, 3.8) is 0 Å². The van der Waals surface area contributed by atoms with Gasteiger partial charge in [-0.15, -0.1) is 0 Å². The van der Waals surface area contributed by atoms with Gasteiger partial charge in [-0.05, 0) is 37.5 Å². The van der Waals surface area contributed by atoms with E-state index < -0.39 is 0 Å².